The molecule has 2 aromatic rings. The Morgan fingerprint density at radius 3 is 2.29 bits per heavy atom. The monoisotopic (exact) mass is 283 g/mol. The highest BCUT2D eigenvalue weighted by Gasteiger charge is 2.10. The van der Waals surface area contributed by atoms with Gasteiger partial charge in [-0.15, -0.1) is 0 Å². The molecule has 0 amide bonds. The molecule has 3 heteroatoms. The summed E-state index contributed by atoms with van der Waals surface area (Å²) in [5, 5.41) is 3.37. The third-order valence-electron chi connectivity index (χ3n) is 3.78. The molecule has 0 bridgehead atoms. The number of rotatable bonds is 5. The molecule has 21 heavy (non-hydrogen) atoms. The lowest BCUT2D eigenvalue weighted by Gasteiger charge is -2.12. The third-order valence-corrected chi connectivity index (χ3v) is 3.78. The molecule has 0 aliphatic carbocycles. The van der Waals surface area contributed by atoms with Crippen LogP contribution in [0.15, 0.2) is 18.2 Å². The first-order valence-electron chi connectivity index (χ1n) is 7.75. The van der Waals surface area contributed by atoms with Gasteiger partial charge >= 0.3 is 0 Å². The minimum atomic E-state index is 0.827. The maximum Gasteiger partial charge on any atom is 0.162 e. The van der Waals surface area contributed by atoms with Gasteiger partial charge in [0.05, 0.1) is 0 Å². The van der Waals surface area contributed by atoms with Crippen LogP contribution in [0.25, 0.3) is 11.4 Å². The summed E-state index contributed by atoms with van der Waals surface area (Å²) in [4.78, 5) is 9.41. The Labute approximate surface area is 127 Å². The smallest absolute Gasteiger partial charge is 0.162 e. The highest BCUT2D eigenvalue weighted by atomic mass is 15.0. The second-order valence-electron chi connectivity index (χ2n) is 5.60. The zero-order chi connectivity index (χ0) is 15.4. The van der Waals surface area contributed by atoms with E-state index in [2.05, 4.69) is 58.1 Å². The summed E-state index contributed by atoms with van der Waals surface area (Å²) in [5.41, 5.74) is 6.04. The number of hydrogen-bond donors (Lipinski definition) is 1. The van der Waals surface area contributed by atoms with Crippen LogP contribution in [0.5, 0.6) is 0 Å². The molecule has 0 saturated heterocycles. The van der Waals surface area contributed by atoms with E-state index in [1.165, 1.54) is 16.7 Å². The normalized spacial score (nSPS) is 10.7. The summed E-state index contributed by atoms with van der Waals surface area (Å²) >= 11 is 0. The molecule has 3 nitrogen and oxygen atoms in total. The minimum Gasteiger partial charge on any atom is -0.370 e. The number of hydrogen-bond acceptors (Lipinski definition) is 3. The van der Waals surface area contributed by atoms with E-state index in [1.807, 2.05) is 0 Å². The Balaban J connectivity index is 2.49. The summed E-state index contributed by atoms with van der Waals surface area (Å²) in [6.07, 6.45) is 2.00. The van der Waals surface area contributed by atoms with Gasteiger partial charge in [0.1, 0.15) is 5.82 Å². The van der Waals surface area contributed by atoms with Gasteiger partial charge in [-0.3, -0.25) is 0 Å². The molecule has 1 aromatic heterocycles. The van der Waals surface area contributed by atoms with E-state index in [1.54, 1.807) is 0 Å². The second-order valence-corrected chi connectivity index (χ2v) is 5.60. The lowest BCUT2D eigenvalue weighted by molar-refractivity contribution is 0.950. The van der Waals surface area contributed by atoms with Gasteiger partial charge in [0.25, 0.3) is 0 Å². The molecular weight excluding hydrogens is 258 g/mol. The molecule has 0 spiro atoms. The van der Waals surface area contributed by atoms with E-state index in [-0.39, 0.29) is 0 Å². The van der Waals surface area contributed by atoms with Crippen molar-refractivity contribution in [1.29, 1.82) is 0 Å². The molecule has 1 aromatic carbocycles. The SMILES string of the molecule is CCCNc1cc(CC)nc(-c2cc(C)c(C)cc2C)n1. The van der Waals surface area contributed by atoms with E-state index >= 15 is 0 Å². The van der Waals surface area contributed by atoms with Crippen LogP contribution in [0, 0.1) is 20.8 Å². The van der Waals surface area contributed by atoms with Gasteiger partial charge in [-0.1, -0.05) is 19.9 Å². The molecular formula is C18H25N3. The summed E-state index contributed by atoms with van der Waals surface area (Å²) < 4.78 is 0. The maximum atomic E-state index is 4.71. The molecule has 1 N–H and O–H groups in total. The van der Waals surface area contributed by atoms with Crippen molar-refractivity contribution in [2.75, 3.05) is 11.9 Å². The largest absolute Gasteiger partial charge is 0.370 e. The van der Waals surface area contributed by atoms with E-state index in [0.29, 0.717) is 0 Å². The zero-order valence-electron chi connectivity index (χ0n) is 13.7. The van der Waals surface area contributed by atoms with Gasteiger partial charge in [0.2, 0.25) is 0 Å². The van der Waals surface area contributed by atoms with Crippen molar-refractivity contribution < 1.29 is 0 Å². The van der Waals surface area contributed by atoms with Crippen LogP contribution in [0.1, 0.15) is 42.7 Å². The van der Waals surface area contributed by atoms with Crippen LogP contribution >= 0.6 is 0 Å². The van der Waals surface area contributed by atoms with Crippen molar-refractivity contribution in [2.24, 2.45) is 0 Å². The van der Waals surface area contributed by atoms with Crippen molar-refractivity contribution in [2.45, 2.75) is 47.5 Å². The lowest BCUT2D eigenvalue weighted by atomic mass is 10.0. The first kappa shape index (κ1) is 15.5. The van der Waals surface area contributed by atoms with E-state index in [4.69, 9.17) is 9.97 Å². The minimum absolute atomic E-state index is 0.827. The van der Waals surface area contributed by atoms with Crippen LogP contribution in [0.3, 0.4) is 0 Å². The molecule has 0 aliphatic heterocycles. The standard InChI is InChI=1S/C18H25N3/c1-6-8-19-17-11-15(7-2)20-18(21-17)16-10-13(4)12(3)9-14(16)5/h9-11H,6-8H2,1-5H3,(H,19,20,21). The van der Waals surface area contributed by atoms with Gasteiger partial charge in [-0.05, 0) is 56.4 Å². The predicted octanol–water partition coefficient (Wildman–Crippen LogP) is 4.45. The zero-order valence-corrected chi connectivity index (χ0v) is 13.7. The summed E-state index contributed by atoms with van der Waals surface area (Å²) in [7, 11) is 0. The maximum absolute atomic E-state index is 4.71. The number of aryl methyl sites for hydroxylation is 4. The summed E-state index contributed by atoms with van der Waals surface area (Å²) in [6.45, 7) is 11.6. The average molecular weight is 283 g/mol. The molecule has 0 fully saturated rings. The average Bonchev–Trinajstić information content (AvgIpc) is 2.48. The second kappa shape index (κ2) is 6.70. The molecule has 0 radical (unpaired) electrons. The Morgan fingerprint density at radius 1 is 0.905 bits per heavy atom. The van der Waals surface area contributed by atoms with Crippen LogP contribution < -0.4 is 5.32 Å². The van der Waals surface area contributed by atoms with Gasteiger partial charge < -0.3 is 5.32 Å². The molecule has 0 atom stereocenters. The summed E-state index contributed by atoms with van der Waals surface area (Å²) in [5.74, 6) is 1.75. The van der Waals surface area contributed by atoms with Gasteiger partial charge in [0, 0.05) is 23.9 Å². The van der Waals surface area contributed by atoms with E-state index in [0.717, 1.165) is 42.3 Å². The van der Waals surface area contributed by atoms with Crippen molar-refractivity contribution in [3.63, 3.8) is 0 Å². The number of nitrogens with one attached hydrogen (secondary N) is 1. The Morgan fingerprint density at radius 2 is 1.62 bits per heavy atom. The van der Waals surface area contributed by atoms with E-state index < -0.39 is 0 Å². The Bertz CT molecular complexity index is 633. The van der Waals surface area contributed by atoms with Gasteiger partial charge in [0.15, 0.2) is 5.82 Å². The van der Waals surface area contributed by atoms with Gasteiger partial charge in [-0.25, -0.2) is 9.97 Å². The lowest BCUT2D eigenvalue weighted by Crippen LogP contribution is -2.06. The fourth-order valence-electron chi connectivity index (χ4n) is 2.34. The quantitative estimate of drug-likeness (QED) is 0.880. The molecule has 112 valence electrons. The number of benzene rings is 1. The van der Waals surface area contributed by atoms with Crippen LogP contribution in [-0.2, 0) is 6.42 Å². The van der Waals surface area contributed by atoms with Crippen LogP contribution in [-0.4, -0.2) is 16.5 Å². The highest BCUT2D eigenvalue weighted by molar-refractivity contribution is 5.64. The molecule has 0 saturated carbocycles. The van der Waals surface area contributed by atoms with Gasteiger partial charge in [-0.2, -0.15) is 0 Å². The third kappa shape index (κ3) is 3.60. The molecule has 1 heterocycles. The van der Waals surface area contributed by atoms with E-state index in [9.17, 15) is 0 Å². The predicted molar refractivity (Wildman–Crippen MR) is 89.8 cm³/mol. The number of aromatic nitrogens is 2. The fourth-order valence-corrected chi connectivity index (χ4v) is 2.34. The number of nitrogens with zero attached hydrogens (tertiary/aromatic N) is 2. The Kier molecular flexibility index (Phi) is 4.94. The topological polar surface area (TPSA) is 37.8 Å². The first-order valence-corrected chi connectivity index (χ1v) is 7.75. The fraction of sp³-hybridized carbons (Fsp3) is 0.444. The number of anilines is 1. The first-order chi connectivity index (χ1) is 10.0. The summed E-state index contributed by atoms with van der Waals surface area (Å²) in [6, 6.07) is 6.46. The van der Waals surface area contributed by atoms with Crippen molar-refractivity contribution in [3.8, 4) is 11.4 Å². The van der Waals surface area contributed by atoms with Crippen molar-refractivity contribution in [1.82, 2.24) is 9.97 Å². The Hall–Kier alpha value is -1.90. The molecule has 0 unspecified atom stereocenters. The molecule has 2 rings (SSSR count). The highest BCUT2D eigenvalue weighted by Crippen LogP contribution is 2.25. The van der Waals surface area contributed by atoms with Crippen LogP contribution in [0.2, 0.25) is 0 Å². The van der Waals surface area contributed by atoms with Crippen LogP contribution in [0.4, 0.5) is 5.82 Å². The van der Waals surface area contributed by atoms with Crippen molar-refractivity contribution >= 4 is 5.82 Å². The van der Waals surface area contributed by atoms with Crippen molar-refractivity contribution in [3.05, 3.63) is 40.6 Å². The molecule has 0 aliphatic rings.